The maximum atomic E-state index is 10.6. The Hall–Kier alpha value is -0.0900. The van der Waals surface area contributed by atoms with Crippen LogP contribution in [0.25, 0.3) is 0 Å². The molecule has 0 aliphatic carbocycles. The van der Waals surface area contributed by atoms with Gasteiger partial charge in [-0.2, -0.15) is 0 Å². The van der Waals surface area contributed by atoms with Gasteiger partial charge in [-0.05, 0) is 12.8 Å². The van der Waals surface area contributed by atoms with Crippen molar-refractivity contribution in [2.24, 2.45) is 5.73 Å². The molecule has 0 fully saturated rings. The molecular weight excluding hydrogens is 298 g/mol. The van der Waals surface area contributed by atoms with Crippen molar-refractivity contribution in [2.45, 2.75) is 24.9 Å². The van der Waals surface area contributed by atoms with Crippen LogP contribution < -0.4 is 16.4 Å². The highest BCUT2D eigenvalue weighted by Gasteiger charge is 2.15. The fourth-order valence-electron chi connectivity index (χ4n) is 1.11. The van der Waals surface area contributed by atoms with E-state index < -0.39 is 12.0 Å². The van der Waals surface area contributed by atoms with E-state index >= 15 is 0 Å². The number of thiocarbonyl (C=S) groups is 2. The van der Waals surface area contributed by atoms with Crippen molar-refractivity contribution in [3.63, 3.8) is 0 Å². The normalized spacial score (nSPS) is 13.6. The minimum absolute atomic E-state index is 0.0875. The van der Waals surface area contributed by atoms with Crippen molar-refractivity contribution in [2.75, 3.05) is 6.54 Å². The third kappa shape index (κ3) is 9.60. The van der Waals surface area contributed by atoms with Crippen molar-refractivity contribution in [1.82, 2.24) is 10.6 Å². The van der Waals surface area contributed by atoms with Crippen LogP contribution in [0.15, 0.2) is 0 Å². The zero-order chi connectivity index (χ0) is 13.4. The fraction of sp³-hybridized carbons (Fsp3) is 0.625. The van der Waals surface area contributed by atoms with E-state index in [1.807, 2.05) is 0 Å². The highest BCUT2D eigenvalue weighted by atomic mass is 32.1. The number of rotatable bonds is 7. The van der Waals surface area contributed by atoms with Gasteiger partial charge in [0, 0.05) is 12.6 Å². The van der Waals surface area contributed by atoms with Gasteiger partial charge >= 0.3 is 5.97 Å². The number of carboxylic acids is 1. The Balaban J connectivity index is 4.13. The Morgan fingerprint density at radius 2 is 1.88 bits per heavy atom. The van der Waals surface area contributed by atoms with Crippen LogP contribution in [0.4, 0.5) is 0 Å². The summed E-state index contributed by atoms with van der Waals surface area (Å²) in [4.78, 5) is 10.6. The van der Waals surface area contributed by atoms with Gasteiger partial charge in [0.1, 0.15) is 14.7 Å². The van der Waals surface area contributed by atoms with Crippen LogP contribution in [0.3, 0.4) is 0 Å². The Bertz CT molecular complexity index is 300. The van der Waals surface area contributed by atoms with Crippen LogP contribution in [0.1, 0.15) is 12.8 Å². The SMILES string of the molecule is NC(CCC(CNC(=S)S)NC(=S)S)C(=O)O. The average molecular weight is 313 g/mol. The van der Waals surface area contributed by atoms with Gasteiger partial charge in [0.2, 0.25) is 0 Å². The number of thiol groups is 2. The van der Waals surface area contributed by atoms with Crippen molar-refractivity contribution < 1.29 is 9.90 Å². The average Bonchev–Trinajstić information content (AvgIpc) is 2.20. The van der Waals surface area contributed by atoms with Crippen LogP contribution in [0, 0.1) is 0 Å². The van der Waals surface area contributed by atoms with E-state index in [-0.39, 0.29) is 6.04 Å². The molecule has 0 bridgehead atoms. The van der Waals surface area contributed by atoms with Crippen molar-refractivity contribution >= 4 is 64.3 Å². The van der Waals surface area contributed by atoms with E-state index in [2.05, 4.69) is 35.9 Å². The molecule has 2 unspecified atom stereocenters. The second-order valence-electron chi connectivity index (χ2n) is 3.35. The number of carboxylic acid groups (broad SMARTS) is 1. The molecule has 0 saturated heterocycles. The molecule has 0 aromatic heterocycles. The second-order valence-corrected chi connectivity index (χ2v) is 5.67. The molecule has 9 heteroatoms. The van der Waals surface area contributed by atoms with Gasteiger partial charge in [0.15, 0.2) is 0 Å². The number of hydrogen-bond acceptors (Lipinski definition) is 4. The van der Waals surface area contributed by atoms with E-state index in [9.17, 15) is 4.79 Å². The molecule has 5 nitrogen and oxygen atoms in total. The maximum Gasteiger partial charge on any atom is 0.320 e. The molecule has 0 rings (SSSR count). The van der Waals surface area contributed by atoms with E-state index in [0.29, 0.717) is 28.0 Å². The minimum atomic E-state index is -1.02. The van der Waals surface area contributed by atoms with Gasteiger partial charge in [-0.1, -0.05) is 24.4 Å². The monoisotopic (exact) mass is 313 g/mol. The number of nitrogens with one attached hydrogen (secondary N) is 2. The third-order valence-electron chi connectivity index (χ3n) is 1.97. The van der Waals surface area contributed by atoms with Gasteiger partial charge in [0.25, 0.3) is 0 Å². The first-order chi connectivity index (χ1) is 7.82. The van der Waals surface area contributed by atoms with Crippen molar-refractivity contribution in [3.05, 3.63) is 0 Å². The summed E-state index contributed by atoms with van der Waals surface area (Å²) < 4.78 is 0.704. The number of hydrogen-bond donors (Lipinski definition) is 6. The summed E-state index contributed by atoms with van der Waals surface area (Å²) in [7, 11) is 0. The predicted molar refractivity (Wildman–Crippen MR) is 82.9 cm³/mol. The number of aliphatic carboxylic acids is 1. The first-order valence-corrected chi connectivity index (χ1v) is 6.48. The van der Waals surface area contributed by atoms with Gasteiger partial charge in [-0.15, -0.1) is 25.3 Å². The Kier molecular flexibility index (Phi) is 8.88. The van der Waals surface area contributed by atoms with Crippen molar-refractivity contribution in [1.29, 1.82) is 0 Å². The standard InChI is InChI=1S/C8H15N3O2S4/c9-5(6(12)13)2-1-4(11-8(16)17)3-10-7(14)15/h4-5H,1-3,9H2,(H,12,13)(H2,10,14,15)(H2,11,16,17). The zero-order valence-corrected chi connectivity index (χ0v) is 12.3. The molecule has 0 amide bonds. The van der Waals surface area contributed by atoms with Crippen LogP contribution in [-0.2, 0) is 4.79 Å². The maximum absolute atomic E-state index is 10.6. The zero-order valence-electron chi connectivity index (χ0n) is 8.92. The molecule has 0 saturated carbocycles. The molecule has 0 aliphatic heterocycles. The highest BCUT2D eigenvalue weighted by molar-refractivity contribution is 8.11. The highest BCUT2D eigenvalue weighted by Crippen LogP contribution is 2.02. The van der Waals surface area contributed by atoms with Gasteiger partial charge in [-0.3, -0.25) is 4.79 Å². The van der Waals surface area contributed by atoms with Crippen molar-refractivity contribution in [3.8, 4) is 0 Å². The third-order valence-corrected chi connectivity index (χ3v) is 2.52. The summed E-state index contributed by atoms with van der Waals surface area (Å²) in [5, 5.41) is 14.4. The predicted octanol–water partition coefficient (Wildman–Crippen LogP) is 0.156. The van der Waals surface area contributed by atoms with E-state index in [0.717, 1.165) is 0 Å². The Morgan fingerprint density at radius 3 is 2.29 bits per heavy atom. The van der Waals surface area contributed by atoms with Gasteiger partial charge in [-0.25, -0.2) is 0 Å². The smallest absolute Gasteiger partial charge is 0.320 e. The number of carbonyl (C=O) groups is 1. The van der Waals surface area contributed by atoms with E-state index in [1.165, 1.54) is 0 Å². The lowest BCUT2D eigenvalue weighted by atomic mass is 10.1. The molecule has 0 aromatic carbocycles. The summed E-state index contributed by atoms with van der Waals surface area (Å²) in [6.07, 6.45) is 0.877. The van der Waals surface area contributed by atoms with Crippen LogP contribution in [-0.4, -0.2) is 38.3 Å². The fourth-order valence-corrected chi connectivity index (χ4v) is 1.64. The quantitative estimate of drug-likeness (QED) is 0.295. The van der Waals surface area contributed by atoms with E-state index in [4.69, 9.17) is 35.3 Å². The summed E-state index contributed by atoms with van der Waals surface area (Å²) in [5.41, 5.74) is 5.41. The molecule has 0 spiro atoms. The summed E-state index contributed by atoms with van der Waals surface area (Å²) in [5.74, 6) is -1.02. The Labute approximate surface area is 122 Å². The lowest BCUT2D eigenvalue weighted by molar-refractivity contribution is -0.138. The second kappa shape index (κ2) is 8.92. The summed E-state index contributed by atoms with van der Waals surface area (Å²) in [6.45, 7) is 0.482. The topological polar surface area (TPSA) is 87.4 Å². The van der Waals surface area contributed by atoms with Crippen LogP contribution in [0.5, 0.6) is 0 Å². The lowest BCUT2D eigenvalue weighted by Crippen LogP contribution is -2.42. The molecule has 0 aliphatic rings. The first-order valence-electron chi connectivity index (χ1n) is 4.77. The minimum Gasteiger partial charge on any atom is -0.480 e. The van der Waals surface area contributed by atoms with Gasteiger partial charge in [0.05, 0.1) is 0 Å². The van der Waals surface area contributed by atoms with Crippen LogP contribution in [0.2, 0.25) is 0 Å². The molecule has 0 aromatic rings. The number of nitrogens with two attached hydrogens (primary N) is 1. The van der Waals surface area contributed by atoms with E-state index in [1.54, 1.807) is 0 Å². The summed E-state index contributed by atoms with van der Waals surface area (Å²) >= 11 is 17.5. The van der Waals surface area contributed by atoms with Crippen LogP contribution >= 0.6 is 49.7 Å². The van der Waals surface area contributed by atoms with Gasteiger partial charge < -0.3 is 21.5 Å². The summed E-state index contributed by atoms with van der Waals surface area (Å²) in [6, 6.07) is -0.966. The largest absolute Gasteiger partial charge is 0.480 e. The molecule has 5 N–H and O–H groups in total. The molecular formula is C8H15N3O2S4. The molecule has 2 atom stereocenters. The molecule has 0 heterocycles. The molecule has 17 heavy (non-hydrogen) atoms. The lowest BCUT2D eigenvalue weighted by Gasteiger charge is -2.20. The first kappa shape index (κ1) is 16.9. The Morgan fingerprint density at radius 1 is 1.29 bits per heavy atom. The molecule has 0 radical (unpaired) electrons. The molecule has 98 valence electrons.